The second-order valence-corrected chi connectivity index (χ2v) is 6.11. The summed E-state index contributed by atoms with van der Waals surface area (Å²) in [5.41, 5.74) is 2.73. The molecule has 2 heterocycles. The van der Waals surface area contributed by atoms with E-state index in [1.165, 1.54) is 6.92 Å². The number of fused-ring (bicyclic) bond motifs is 1. The van der Waals surface area contributed by atoms with Crippen LogP contribution < -0.4 is 9.64 Å². The number of hydrogen-bond donors (Lipinski definition) is 0. The molecule has 0 aliphatic carbocycles. The van der Waals surface area contributed by atoms with E-state index < -0.39 is 0 Å². The molecule has 1 aromatic heterocycles. The zero-order valence-corrected chi connectivity index (χ0v) is 14.5. The number of carbonyl (C=O) groups is 2. The molecule has 1 amide bonds. The van der Waals surface area contributed by atoms with Crippen LogP contribution in [0.3, 0.4) is 0 Å². The molecule has 124 valence electrons. The summed E-state index contributed by atoms with van der Waals surface area (Å²) in [7, 11) is 0. The Labute approximate surface area is 145 Å². The van der Waals surface area contributed by atoms with Crippen molar-refractivity contribution in [2.75, 3.05) is 18.1 Å². The van der Waals surface area contributed by atoms with Crippen LogP contribution in [-0.2, 0) is 0 Å². The number of hydrogen-bond acceptors (Lipinski definition) is 4. The first-order valence-corrected chi connectivity index (χ1v) is 8.00. The van der Waals surface area contributed by atoms with Crippen molar-refractivity contribution < 1.29 is 14.3 Å². The van der Waals surface area contributed by atoms with Crippen molar-refractivity contribution in [3.05, 3.63) is 51.8 Å². The highest BCUT2D eigenvalue weighted by molar-refractivity contribution is 6.32. The van der Waals surface area contributed by atoms with Crippen molar-refractivity contribution in [2.45, 2.75) is 20.8 Å². The normalized spacial score (nSPS) is 13.2. The van der Waals surface area contributed by atoms with E-state index in [1.54, 1.807) is 43.0 Å². The monoisotopic (exact) mass is 344 g/mol. The Morgan fingerprint density at radius 3 is 2.62 bits per heavy atom. The van der Waals surface area contributed by atoms with Crippen molar-refractivity contribution >= 4 is 29.0 Å². The van der Waals surface area contributed by atoms with Crippen molar-refractivity contribution in [3.63, 3.8) is 0 Å². The summed E-state index contributed by atoms with van der Waals surface area (Å²) in [5.74, 6) is 0.178. The van der Waals surface area contributed by atoms with Gasteiger partial charge in [-0.3, -0.25) is 14.6 Å². The van der Waals surface area contributed by atoms with Gasteiger partial charge in [0.15, 0.2) is 11.5 Å². The number of halogens is 1. The Kier molecular flexibility index (Phi) is 4.28. The lowest BCUT2D eigenvalue weighted by molar-refractivity contribution is 0.0975. The fourth-order valence-electron chi connectivity index (χ4n) is 2.87. The van der Waals surface area contributed by atoms with Crippen LogP contribution in [-0.4, -0.2) is 29.8 Å². The van der Waals surface area contributed by atoms with E-state index in [-0.39, 0.29) is 11.7 Å². The molecule has 6 heteroatoms. The quantitative estimate of drug-likeness (QED) is 0.781. The highest BCUT2D eigenvalue weighted by Crippen LogP contribution is 2.38. The number of aryl methyl sites for hydroxylation is 2. The lowest BCUT2D eigenvalue weighted by Gasteiger charge is -2.30. The Morgan fingerprint density at radius 1 is 1.21 bits per heavy atom. The summed E-state index contributed by atoms with van der Waals surface area (Å²) in [4.78, 5) is 30.8. The Hall–Kier alpha value is -2.40. The number of benzene rings is 1. The van der Waals surface area contributed by atoms with Crippen molar-refractivity contribution in [3.8, 4) is 5.75 Å². The van der Waals surface area contributed by atoms with E-state index in [0.29, 0.717) is 52.1 Å². The number of aromatic nitrogens is 1. The summed E-state index contributed by atoms with van der Waals surface area (Å²) in [5, 5.41) is 0.466. The van der Waals surface area contributed by atoms with Crippen LogP contribution in [0.4, 0.5) is 5.69 Å². The van der Waals surface area contributed by atoms with E-state index in [9.17, 15) is 9.59 Å². The van der Waals surface area contributed by atoms with Gasteiger partial charge >= 0.3 is 0 Å². The van der Waals surface area contributed by atoms with Gasteiger partial charge in [0.2, 0.25) is 0 Å². The van der Waals surface area contributed by atoms with Crippen LogP contribution in [0, 0.1) is 13.8 Å². The minimum Gasteiger partial charge on any atom is -0.488 e. The largest absolute Gasteiger partial charge is 0.488 e. The number of ether oxygens (including phenoxy) is 1. The number of pyridine rings is 1. The lowest BCUT2D eigenvalue weighted by atomic mass is 10.0. The van der Waals surface area contributed by atoms with Gasteiger partial charge in [-0.2, -0.15) is 0 Å². The fraction of sp³-hybridized carbons (Fsp3) is 0.278. The number of para-hydroxylation sites is 1. The zero-order valence-electron chi connectivity index (χ0n) is 13.7. The van der Waals surface area contributed by atoms with Crippen molar-refractivity contribution in [1.82, 2.24) is 4.98 Å². The molecule has 0 saturated heterocycles. The number of nitrogens with zero attached hydrogens (tertiary/aromatic N) is 2. The summed E-state index contributed by atoms with van der Waals surface area (Å²) in [6.45, 7) is 5.78. The number of carbonyl (C=O) groups excluding carboxylic acids is 2. The van der Waals surface area contributed by atoms with Crippen LogP contribution in [0.5, 0.6) is 5.75 Å². The summed E-state index contributed by atoms with van der Waals surface area (Å²) in [6, 6.07) is 6.92. The third-order valence-corrected chi connectivity index (χ3v) is 4.35. The van der Waals surface area contributed by atoms with Gasteiger partial charge in [-0.25, -0.2) is 0 Å². The third-order valence-electron chi connectivity index (χ3n) is 4.06. The minimum atomic E-state index is -0.214. The Bertz CT molecular complexity index is 848. The molecular formula is C18H17ClN2O3. The highest BCUT2D eigenvalue weighted by atomic mass is 35.5. The molecule has 5 nitrogen and oxygen atoms in total. The van der Waals surface area contributed by atoms with Gasteiger partial charge in [-0.15, -0.1) is 0 Å². The lowest BCUT2D eigenvalue weighted by Crippen LogP contribution is -2.38. The van der Waals surface area contributed by atoms with Crippen LogP contribution >= 0.6 is 11.6 Å². The van der Waals surface area contributed by atoms with Gasteiger partial charge in [0, 0.05) is 11.3 Å². The molecule has 0 bridgehead atoms. The number of rotatable bonds is 2. The molecule has 3 rings (SSSR count). The molecule has 24 heavy (non-hydrogen) atoms. The summed E-state index contributed by atoms with van der Waals surface area (Å²) >= 11 is 6.16. The number of anilines is 1. The first-order valence-electron chi connectivity index (χ1n) is 7.62. The maximum absolute atomic E-state index is 13.1. The first-order chi connectivity index (χ1) is 11.4. The van der Waals surface area contributed by atoms with Crippen LogP contribution in [0.15, 0.2) is 24.3 Å². The third kappa shape index (κ3) is 2.76. The second-order valence-electron chi connectivity index (χ2n) is 5.70. The summed E-state index contributed by atoms with van der Waals surface area (Å²) < 4.78 is 5.59. The van der Waals surface area contributed by atoms with Gasteiger partial charge < -0.3 is 9.64 Å². The SMILES string of the molecule is CC(=O)c1cc(C(=O)N2CCOc3c(Cl)cccc32)c(C)nc1C. The Balaban J connectivity index is 2.07. The molecular weight excluding hydrogens is 328 g/mol. The molecule has 0 atom stereocenters. The summed E-state index contributed by atoms with van der Waals surface area (Å²) in [6.07, 6.45) is 0. The molecule has 0 radical (unpaired) electrons. The average Bonchev–Trinajstić information content (AvgIpc) is 2.54. The number of Topliss-reactive ketones (excluding diaryl/α,β-unsaturated/α-hetero) is 1. The van der Waals surface area contributed by atoms with Crippen LogP contribution in [0.25, 0.3) is 0 Å². The Morgan fingerprint density at radius 2 is 1.92 bits per heavy atom. The van der Waals surface area contributed by atoms with Crippen molar-refractivity contribution in [1.29, 1.82) is 0 Å². The van der Waals surface area contributed by atoms with Crippen LogP contribution in [0.1, 0.15) is 39.0 Å². The molecule has 2 aromatic rings. The van der Waals surface area contributed by atoms with Crippen molar-refractivity contribution in [2.24, 2.45) is 0 Å². The maximum atomic E-state index is 13.1. The maximum Gasteiger partial charge on any atom is 0.260 e. The molecule has 1 aliphatic rings. The number of amides is 1. The van der Waals surface area contributed by atoms with Gasteiger partial charge in [0.25, 0.3) is 5.91 Å². The zero-order chi connectivity index (χ0) is 17.4. The molecule has 0 fully saturated rings. The molecule has 0 spiro atoms. The number of ketones is 1. The van der Waals surface area contributed by atoms with E-state index in [0.717, 1.165) is 0 Å². The molecule has 0 saturated carbocycles. The molecule has 1 aliphatic heterocycles. The fourth-order valence-corrected chi connectivity index (χ4v) is 3.09. The first kappa shape index (κ1) is 16.5. The predicted octanol–water partition coefficient (Wildman–Crippen LogP) is 3.59. The molecule has 1 aromatic carbocycles. The van der Waals surface area contributed by atoms with Gasteiger partial charge in [-0.1, -0.05) is 17.7 Å². The highest BCUT2D eigenvalue weighted by Gasteiger charge is 2.28. The predicted molar refractivity (Wildman–Crippen MR) is 92.3 cm³/mol. The van der Waals surface area contributed by atoms with E-state index >= 15 is 0 Å². The molecule has 0 N–H and O–H groups in total. The van der Waals surface area contributed by atoms with Crippen LogP contribution in [0.2, 0.25) is 5.02 Å². The minimum absolute atomic E-state index is 0.112. The standard InChI is InChI=1S/C18H17ClN2O3/c1-10-13(12(3)22)9-14(11(2)20-10)18(23)21-7-8-24-17-15(19)5-4-6-16(17)21/h4-6,9H,7-8H2,1-3H3. The smallest absolute Gasteiger partial charge is 0.260 e. The van der Waals surface area contributed by atoms with E-state index in [2.05, 4.69) is 4.98 Å². The van der Waals surface area contributed by atoms with Gasteiger partial charge in [0.1, 0.15) is 6.61 Å². The van der Waals surface area contributed by atoms with Gasteiger partial charge in [0.05, 0.1) is 28.5 Å². The second kappa shape index (κ2) is 6.24. The molecule has 0 unspecified atom stereocenters. The average molecular weight is 345 g/mol. The van der Waals surface area contributed by atoms with E-state index in [4.69, 9.17) is 16.3 Å². The van der Waals surface area contributed by atoms with E-state index in [1.807, 2.05) is 0 Å². The van der Waals surface area contributed by atoms with Gasteiger partial charge in [-0.05, 0) is 39.0 Å². The topological polar surface area (TPSA) is 59.5 Å².